The largest absolute Gasteiger partial charge is 0.386 e. The van der Waals surface area contributed by atoms with Crippen LogP contribution in [0.1, 0.15) is 59.3 Å². The summed E-state index contributed by atoms with van der Waals surface area (Å²) in [6.45, 7) is 5.85. The smallest absolute Gasteiger partial charge is 0.255 e. The SMILES string of the molecule is CC(=O)[C@H]1CC[C@H]2[C@@H]3CCC4=CC(=O)C(O)(O)C(O)[C@]4(C)[C@H]3CC[C@]12C. The minimum atomic E-state index is -2.71. The molecule has 0 saturated heterocycles. The summed E-state index contributed by atoms with van der Waals surface area (Å²) in [4.78, 5) is 24.2. The molecule has 144 valence electrons. The predicted octanol–water partition coefficient (Wildman–Crippen LogP) is 1.99. The summed E-state index contributed by atoms with van der Waals surface area (Å²) >= 11 is 0. The van der Waals surface area contributed by atoms with Gasteiger partial charge in [-0.15, -0.1) is 0 Å². The molecular weight excluding hydrogens is 332 g/mol. The van der Waals surface area contributed by atoms with E-state index in [0.717, 1.165) is 37.7 Å². The predicted molar refractivity (Wildman–Crippen MR) is 94.8 cm³/mol. The van der Waals surface area contributed by atoms with E-state index in [9.17, 15) is 24.9 Å². The number of carbonyl (C=O) groups is 2. The van der Waals surface area contributed by atoms with Crippen LogP contribution in [0.5, 0.6) is 0 Å². The van der Waals surface area contributed by atoms with Crippen molar-refractivity contribution in [3.05, 3.63) is 11.6 Å². The Morgan fingerprint density at radius 3 is 2.46 bits per heavy atom. The van der Waals surface area contributed by atoms with Crippen LogP contribution in [-0.2, 0) is 9.59 Å². The molecule has 4 rings (SSSR count). The lowest BCUT2D eigenvalue weighted by Crippen LogP contribution is -2.64. The van der Waals surface area contributed by atoms with Gasteiger partial charge >= 0.3 is 0 Å². The van der Waals surface area contributed by atoms with Gasteiger partial charge < -0.3 is 15.3 Å². The molecule has 4 aliphatic rings. The van der Waals surface area contributed by atoms with Crippen molar-refractivity contribution in [1.29, 1.82) is 0 Å². The van der Waals surface area contributed by atoms with Crippen LogP contribution in [0, 0.1) is 34.5 Å². The molecule has 26 heavy (non-hydrogen) atoms. The van der Waals surface area contributed by atoms with Gasteiger partial charge in [0.15, 0.2) is 0 Å². The Balaban J connectivity index is 1.73. The summed E-state index contributed by atoms with van der Waals surface area (Å²) in [5, 5.41) is 31.3. The van der Waals surface area contributed by atoms with Crippen molar-refractivity contribution in [3.63, 3.8) is 0 Å². The Morgan fingerprint density at radius 1 is 1.12 bits per heavy atom. The standard InChI is InChI=1S/C21H30O5/c1-11(22)14-6-7-15-13-5-4-12-10-17(23)21(25,26)18(24)20(12,3)16(13)8-9-19(14,15)2/h10,13-16,18,24-26H,4-9H2,1-3H3/t13-,14+,15-,16-,18?,19+,20-/m0/s1. The van der Waals surface area contributed by atoms with Gasteiger partial charge in [-0.1, -0.05) is 19.4 Å². The van der Waals surface area contributed by atoms with E-state index >= 15 is 0 Å². The highest BCUT2D eigenvalue weighted by Gasteiger charge is 2.65. The first-order valence-corrected chi connectivity index (χ1v) is 9.93. The first-order chi connectivity index (χ1) is 12.0. The van der Waals surface area contributed by atoms with Crippen LogP contribution in [0.4, 0.5) is 0 Å². The van der Waals surface area contributed by atoms with Gasteiger partial charge in [0.1, 0.15) is 11.9 Å². The van der Waals surface area contributed by atoms with Crippen LogP contribution in [0.15, 0.2) is 11.6 Å². The highest BCUT2D eigenvalue weighted by molar-refractivity contribution is 5.98. The summed E-state index contributed by atoms with van der Waals surface area (Å²) < 4.78 is 0. The second-order valence-corrected chi connectivity index (χ2v) is 9.65. The van der Waals surface area contributed by atoms with E-state index in [1.807, 2.05) is 6.92 Å². The van der Waals surface area contributed by atoms with E-state index < -0.39 is 23.1 Å². The normalized spacial score (nSPS) is 49.7. The number of carbonyl (C=O) groups excluding carboxylic acids is 2. The van der Waals surface area contributed by atoms with Crippen LogP contribution in [0.2, 0.25) is 0 Å². The number of hydrogen-bond acceptors (Lipinski definition) is 5. The first kappa shape index (κ1) is 18.3. The Hall–Kier alpha value is -1.04. The molecule has 3 fully saturated rings. The molecule has 7 atom stereocenters. The molecule has 0 spiro atoms. The summed E-state index contributed by atoms with van der Waals surface area (Å²) in [5.74, 6) is -2.25. The topological polar surface area (TPSA) is 94.8 Å². The maximum atomic E-state index is 12.2. The maximum Gasteiger partial charge on any atom is 0.255 e. The molecule has 3 saturated carbocycles. The fourth-order valence-electron chi connectivity index (χ4n) is 7.36. The van der Waals surface area contributed by atoms with Crippen molar-refractivity contribution in [3.8, 4) is 0 Å². The molecule has 3 N–H and O–H groups in total. The van der Waals surface area contributed by atoms with Crippen molar-refractivity contribution in [2.24, 2.45) is 34.5 Å². The van der Waals surface area contributed by atoms with Crippen molar-refractivity contribution in [2.75, 3.05) is 0 Å². The molecule has 0 aromatic heterocycles. The quantitative estimate of drug-likeness (QED) is 0.620. The lowest BCUT2D eigenvalue weighted by molar-refractivity contribution is -0.252. The molecule has 5 heteroatoms. The van der Waals surface area contributed by atoms with E-state index in [1.165, 1.54) is 6.08 Å². The fourth-order valence-corrected chi connectivity index (χ4v) is 7.36. The maximum absolute atomic E-state index is 12.2. The average Bonchev–Trinajstić information content (AvgIpc) is 2.92. The molecule has 0 aromatic carbocycles. The summed E-state index contributed by atoms with van der Waals surface area (Å²) in [5.41, 5.74) is 0.0746. The molecule has 0 aromatic rings. The number of aliphatic hydroxyl groups is 3. The van der Waals surface area contributed by atoms with Crippen molar-refractivity contribution in [1.82, 2.24) is 0 Å². The number of hydrogen-bond donors (Lipinski definition) is 3. The average molecular weight is 362 g/mol. The van der Waals surface area contributed by atoms with E-state index in [1.54, 1.807) is 6.92 Å². The Morgan fingerprint density at radius 2 is 1.81 bits per heavy atom. The molecule has 0 aliphatic heterocycles. The van der Waals surface area contributed by atoms with Gasteiger partial charge in [-0.3, -0.25) is 9.59 Å². The van der Waals surface area contributed by atoms with Crippen LogP contribution in [0.3, 0.4) is 0 Å². The van der Waals surface area contributed by atoms with E-state index in [0.29, 0.717) is 18.3 Å². The van der Waals surface area contributed by atoms with Gasteiger partial charge in [-0.2, -0.15) is 0 Å². The molecule has 0 amide bonds. The molecule has 4 aliphatic carbocycles. The minimum absolute atomic E-state index is 0.00946. The van der Waals surface area contributed by atoms with Gasteiger partial charge in [0, 0.05) is 11.3 Å². The van der Waals surface area contributed by atoms with Gasteiger partial charge in [-0.25, -0.2) is 0 Å². The zero-order valence-corrected chi connectivity index (χ0v) is 15.9. The third kappa shape index (κ3) is 2.08. The molecular formula is C21H30O5. The Bertz CT molecular complexity index is 695. The Kier molecular flexibility index (Phi) is 3.87. The summed E-state index contributed by atoms with van der Waals surface area (Å²) in [6.07, 6.45) is 5.22. The van der Waals surface area contributed by atoms with E-state index in [4.69, 9.17) is 0 Å². The van der Waals surface area contributed by atoms with E-state index in [2.05, 4.69) is 6.92 Å². The highest BCUT2D eigenvalue weighted by atomic mass is 16.5. The Labute approximate surface area is 154 Å². The molecule has 5 nitrogen and oxygen atoms in total. The van der Waals surface area contributed by atoms with Gasteiger partial charge in [0.05, 0.1) is 0 Å². The number of Topliss-reactive ketones (excluding diaryl/α,β-unsaturated/α-hetero) is 1. The van der Waals surface area contributed by atoms with Crippen molar-refractivity contribution >= 4 is 11.6 Å². The van der Waals surface area contributed by atoms with Crippen LogP contribution < -0.4 is 0 Å². The number of aliphatic hydroxyl groups excluding tert-OH is 1. The fraction of sp³-hybridized carbons (Fsp3) is 0.810. The lowest BCUT2D eigenvalue weighted by Gasteiger charge is -2.60. The number of ketones is 2. The third-order valence-corrected chi connectivity index (χ3v) is 8.75. The molecule has 0 heterocycles. The first-order valence-electron chi connectivity index (χ1n) is 9.93. The van der Waals surface area contributed by atoms with Gasteiger partial charge in [-0.05, 0) is 74.7 Å². The van der Waals surface area contributed by atoms with Crippen LogP contribution in [0.25, 0.3) is 0 Å². The van der Waals surface area contributed by atoms with Crippen LogP contribution in [-0.4, -0.2) is 38.8 Å². The highest BCUT2D eigenvalue weighted by Crippen LogP contribution is 2.67. The zero-order valence-electron chi connectivity index (χ0n) is 15.9. The second-order valence-electron chi connectivity index (χ2n) is 9.65. The van der Waals surface area contributed by atoms with E-state index in [-0.39, 0.29) is 23.0 Å². The van der Waals surface area contributed by atoms with Crippen molar-refractivity contribution in [2.45, 2.75) is 71.2 Å². The summed E-state index contributed by atoms with van der Waals surface area (Å²) in [6, 6.07) is 0. The van der Waals surface area contributed by atoms with Gasteiger partial charge in [0.2, 0.25) is 5.78 Å². The lowest BCUT2D eigenvalue weighted by atomic mass is 9.45. The number of rotatable bonds is 1. The molecule has 1 unspecified atom stereocenters. The van der Waals surface area contributed by atoms with Gasteiger partial charge in [0.25, 0.3) is 5.79 Å². The van der Waals surface area contributed by atoms with Crippen LogP contribution >= 0.6 is 0 Å². The number of fused-ring (bicyclic) bond motifs is 5. The molecule has 0 bridgehead atoms. The third-order valence-electron chi connectivity index (χ3n) is 8.75. The second kappa shape index (κ2) is 5.49. The monoisotopic (exact) mass is 362 g/mol. The summed E-state index contributed by atoms with van der Waals surface area (Å²) in [7, 11) is 0. The minimum Gasteiger partial charge on any atom is -0.386 e. The molecule has 0 radical (unpaired) electrons. The zero-order chi connectivity index (χ0) is 19.1. The van der Waals surface area contributed by atoms with Crippen molar-refractivity contribution < 1.29 is 24.9 Å².